The van der Waals surface area contributed by atoms with E-state index in [1.807, 2.05) is 4.90 Å². The molecule has 0 radical (unpaired) electrons. The van der Waals surface area contributed by atoms with E-state index in [0.29, 0.717) is 6.54 Å². The first-order valence-electron chi connectivity index (χ1n) is 6.77. The van der Waals surface area contributed by atoms with Crippen molar-refractivity contribution in [1.82, 2.24) is 9.80 Å². The van der Waals surface area contributed by atoms with E-state index in [1.165, 1.54) is 12.8 Å². The van der Waals surface area contributed by atoms with Gasteiger partial charge in [0.25, 0.3) is 0 Å². The van der Waals surface area contributed by atoms with Crippen molar-refractivity contribution in [2.75, 3.05) is 19.6 Å². The fraction of sp³-hybridized carbons (Fsp3) is 0.833. The van der Waals surface area contributed by atoms with E-state index < -0.39 is 0 Å². The van der Waals surface area contributed by atoms with E-state index in [0.717, 1.165) is 38.8 Å². The SMILES string of the molecule is NC(=NO)C1CCCN1C(=O)N1CCCCCC1. The Hall–Kier alpha value is -1.46. The predicted octanol–water partition coefficient (Wildman–Crippen LogP) is 1.19. The number of likely N-dealkylation sites (tertiary alicyclic amines) is 2. The van der Waals surface area contributed by atoms with Gasteiger partial charge in [-0.25, -0.2) is 4.79 Å². The fourth-order valence-corrected chi connectivity index (χ4v) is 2.81. The highest BCUT2D eigenvalue weighted by Crippen LogP contribution is 2.21. The summed E-state index contributed by atoms with van der Waals surface area (Å²) in [5.74, 6) is 0.149. The molecule has 0 aliphatic carbocycles. The summed E-state index contributed by atoms with van der Waals surface area (Å²) >= 11 is 0. The molecule has 0 aromatic carbocycles. The predicted molar refractivity (Wildman–Crippen MR) is 68.6 cm³/mol. The second-order valence-corrected chi connectivity index (χ2v) is 5.06. The van der Waals surface area contributed by atoms with E-state index in [2.05, 4.69) is 5.16 Å². The van der Waals surface area contributed by atoms with Crippen LogP contribution in [0.5, 0.6) is 0 Å². The smallest absolute Gasteiger partial charge is 0.320 e. The summed E-state index contributed by atoms with van der Waals surface area (Å²) in [6, 6.07) is -0.184. The number of hydrogen-bond acceptors (Lipinski definition) is 3. The van der Waals surface area contributed by atoms with Crippen LogP contribution in [0.15, 0.2) is 5.16 Å². The highest BCUT2D eigenvalue weighted by molar-refractivity contribution is 5.90. The fourth-order valence-electron chi connectivity index (χ4n) is 2.81. The molecule has 6 nitrogen and oxygen atoms in total. The van der Waals surface area contributed by atoms with Gasteiger partial charge in [-0.3, -0.25) is 0 Å². The van der Waals surface area contributed by atoms with Crippen molar-refractivity contribution in [2.24, 2.45) is 10.9 Å². The summed E-state index contributed by atoms with van der Waals surface area (Å²) in [5, 5.41) is 11.8. The van der Waals surface area contributed by atoms with Crippen molar-refractivity contribution in [3.63, 3.8) is 0 Å². The maximum absolute atomic E-state index is 12.4. The van der Waals surface area contributed by atoms with Crippen LogP contribution in [-0.4, -0.2) is 52.5 Å². The normalized spacial score (nSPS) is 26.2. The van der Waals surface area contributed by atoms with Gasteiger partial charge < -0.3 is 20.7 Å². The molecule has 0 spiro atoms. The number of hydrogen-bond donors (Lipinski definition) is 2. The molecule has 102 valence electrons. The van der Waals surface area contributed by atoms with Crippen LogP contribution in [0.1, 0.15) is 38.5 Å². The Morgan fingerprint density at radius 1 is 1.11 bits per heavy atom. The van der Waals surface area contributed by atoms with E-state index in [9.17, 15) is 4.79 Å². The summed E-state index contributed by atoms with van der Waals surface area (Å²) in [7, 11) is 0. The molecule has 0 bridgehead atoms. The number of amidine groups is 1. The Morgan fingerprint density at radius 3 is 2.39 bits per heavy atom. The molecule has 18 heavy (non-hydrogen) atoms. The number of nitrogens with zero attached hydrogens (tertiary/aromatic N) is 3. The Bertz CT molecular complexity index is 324. The van der Waals surface area contributed by atoms with Gasteiger partial charge in [0.15, 0.2) is 5.84 Å². The molecule has 0 saturated carbocycles. The van der Waals surface area contributed by atoms with Crippen LogP contribution in [0.4, 0.5) is 4.79 Å². The highest BCUT2D eigenvalue weighted by atomic mass is 16.4. The van der Waals surface area contributed by atoms with Gasteiger partial charge in [0, 0.05) is 19.6 Å². The Morgan fingerprint density at radius 2 is 1.78 bits per heavy atom. The average molecular weight is 254 g/mol. The number of rotatable bonds is 1. The second-order valence-electron chi connectivity index (χ2n) is 5.06. The van der Waals surface area contributed by atoms with Crippen molar-refractivity contribution >= 4 is 11.9 Å². The van der Waals surface area contributed by atoms with E-state index in [-0.39, 0.29) is 17.9 Å². The number of carbonyl (C=O) groups excluding carboxylic acids is 1. The van der Waals surface area contributed by atoms with Crippen LogP contribution in [-0.2, 0) is 0 Å². The van der Waals surface area contributed by atoms with E-state index in [1.54, 1.807) is 4.90 Å². The Balaban J connectivity index is 2.02. The number of nitrogens with two attached hydrogens (primary N) is 1. The molecule has 1 unspecified atom stereocenters. The first-order chi connectivity index (χ1) is 8.74. The summed E-state index contributed by atoms with van der Waals surface area (Å²) in [6.07, 6.45) is 6.26. The van der Waals surface area contributed by atoms with Gasteiger partial charge in [-0.1, -0.05) is 18.0 Å². The summed E-state index contributed by atoms with van der Waals surface area (Å²) < 4.78 is 0. The lowest BCUT2D eigenvalue weighted by molar-refractivity contribution is 0.157. The maximum Gasteiger partial charge on any atom is 0.320 e. The van der Waals surface area contributed by atoms with E-state index >= 15 is 0 Å². The molecule has 2 aliphatic heterocycles. The first-order valence-corrected chi connectivity index (χ1v) is 6.77. The van der Waals surface area contributed by atoms with Gasteiger partial charge in [-0.15, -0.1) is 0 Å². The monoisotopic (exact) mass is 254 g/mol. The number of oxime groups is 1. The molecule has 6 heteroatoms. The quantitative estimate of drug-likeness (QED) is 0.319. The molecule has 3 N–H and O–H groups in total. The first kappa shape index (κ1) is 13.0. The molecule has 0 aromatic heterocycles. The van der Waals surface area contributed by atoms with E-state index in [4.69, 9.17) is 10.9 Å². The van der Waals surface area contributed by atoms with Crippen LogP contribution >= 0.6 is 0 Å². The van der Waals surface area contributed by atoms with Crippen molar-refractivity contribution in [3.8, 4) is 0 Å². The van der Waals surface area contributed by atoms with Crippen LogP contribution in [0.2, 0.25) is 0 Å². The summed E-state index contributed by atoms with van der Waals surface area (Å²) in [4.78, 5) is 16.1. The minimum atomic E-state index is -0.231. The van der Waals surface area contributed by atoms with Crippen molar-refractivity contribution in [2.45, 2.75) is 44.6 Å². The van der Waals surface area contributed by atoms with Gasteiger partial charge in [0.1, 0.15) is 0 Å². The van der Waals surface area contributed by atoms with Crippen molar-refractivity contribution < 1.29 is 10.0 Å². The number of urea groups is 1. The lowest BCUT2D eigenvalue weighted by Crippen LogP contribution is -2.50. The molecule has 2 amide bonds. The van der Waals surface area contributed by atoms with Gasteiger partial charge in [-0.05, 0) is 25.7 Å². The topological polar surface area (TPSA) is 82.2 Å². The molecule has 2 rings (SSSR count). The zero-order valence-electron chi connectivity index (χ0n) is 10.7. The third kappa shape index (κ3) is 2.68. The van der Waals surface area contributed by atoms with Gasteiger partial charge in [0.2, 0.25) is 0 Å². The Labute approximate surface area is 107 Å². The van der Waals surface area contributed by atoms with Gasteiger partial charge in [0.05, 0.1) is 6.04 Å². The lowest BCUT2D eigenvalue weighted by Gasteiger charge is -2.30. The maximum atomic E-state index is 12.4. The molecular weight excluding hydrogens is 232 g/mol. The molecule has 2 aliphatic rings. The van der Waals surface area contributed by atoms with Crippen molar-refractivity contribution in [3.05, 3.63) is 0 Å². The minimum absolute atomic E-state index is 0.0472. The Kier molecular flexibility index (Phi) is 4.28. The van der Waals surface area contributed by atoms with Crippen LogP contribution in [0.25, 0.3) is 0 Å². The summed E-state index contributed by atoms with van der Waals surface area (Å²) in [5.41, 5.74) is 5.65. The van der Waals surface area contributed by atoms with Crippen LogP contribution in [0.3, 0.4) is 0 Å². The molecule has 2 heterocycles. The van der Waals surface area contributed by atoms with Gasteiger partial charge >= 0.3 is 6.03 Å². The second kappa shape index (κ2) is 5.93. The van der Waals surface area contributed by atoms with Crippen LogP contribution < -0.4 is 5.73 Å². The molecule has 0 aromatic rings. The molecular formula is C12H22N4O2. The summed E-state index contributed by atoms with van der Waals surface area (Å²) in [6.45, 7) is 2.37. The van der Waals surface area contributed by atoms with Crippen LogP contribution in [0, 0.1) is 0 Å². The number of amides is 2. The minimum Gasteiger partial charge on any atom is -0.409 e. The van der Waals surface area contributed by atoms with Gasteiger partial charge in [-0.2, -0.15) is 0 Å². The van der Waals surface area contributed by atoms with Crippen molar-refractivity contribution in [1.29, 1.82) is 0 Å². The zero-order chi connectivity index (χ0) is 13.0. The third-order valence-corrected chi connectivity index (χ3v) is 3.83. The lowest BCUT2D eigenvalue weighted by atomic mass is 10.2. The highest BCUT2D eigenvalue weighted by Gasteiger charge is 2.34. The molecule has 2 fully saturated rings. The average Bonchev–Trinajstić information content (AvgIpc) is 2.72. The largest absolute Gasteiger partial charge is 0.409 e. The molecule has 1 atom stereocenters. The number of carbonyl (C=O) groups is 1. The molecule has 2 saturated heterocycles. The third-order valence-electron chi connectivity index (χ3n) is 3.83. The standard InChI is InChI=1S/C12H22N4O2/c13-11(14-18)10-6-5-9-16(10)12(17)15-7-3-1-2-4-8-15/h10,18H,1-9H2,(H2,13,14). The zero-order valence-corrected chi connectivity index (χ0v) is 10.7.